The van der Waals surface area contributed by atoms with Gasteiger partial charge in [0.1, 0.15) is 0 Å². The van der Waals surface area contributed by atoms with Crippen molar-refractivity contribution in [3.63, 3.8) is 0 Å². The summed E-state index contributed by atoms with van der Waals surface area (Å²) in [5.41, 5.74) is 5.19. The molecule has 1 N–H and O–H groups in total. The molecule has 2 amide bonds. The molecule has 8 heteroatoms. The minimum absolute atomic E-state index is 0.142. The van der Waals surface area contributed by atoms with Gasteiger partial charge >= 0.3 is 6.03 Å². The number of aromatic nitrogens is 2. The summed E-state index contributed by atoms with van der Waals surface area (Å²) in [5.74, 6) is 0.183. The first-order valence-electron chi connectivity index (χ1n) is 11.9. The van der Waals surface area contributed by atoms with Gasteiger partial charge in [0.25, 0.3) is 5.89 Å². The summed E-state index contributed by atoms with van der Waals surface area (Å²) in [6.07, 6.45) is 2.98. The molecule has 0 bridgehead atoms. The summed E-state index contributed by atoms with van der Waals surface area (Å²) in [6.45, 7) is 8.72. The van der Waals surface area contributed by atoms with Crippen LogP contribution in [-0.4, -0.2) is 34.7 Å². The second-order valence-electron chi connectivity index (χ2n) is 8.86. The van der Waals surface area contributed by atoms with E-state index in [1.165, 1.54) is 24.8 Å². The number of allylic oxidation sites excluding steroid dienone is 1. The van der Waals surface area contributed by atoms with Crippen LogP contribution in [0.2, 0.25) is 0 Å². The number of urea groups is 1. The Bertz CT molecular complexity index is 1270. The number of halogens is 1. The number of hydrogen-bond acceptors (Lipinski definition) is 5. The molecule has 1 unspecified atom stereocenters. The second kappa shape index (κ2) is 10.3. The van der Waals surface area contributed by atoms with Crippen LogP contribution in [0.5, 0.6) is 5.75 Å². The number of amides is 2. The van der Waals surface area contributed by atoms with Crippen molar-refractivity contribution in [1.82, 2.24) is 20.4 Å². The van der Waals surface area contributed by atoms with E-state index in [-0.39, 0.29) is 23.5 Å². The quantitative estimate of drug-likeness (QED) is 0.391. The maximum atomic E-state index is 14.3. The van der Waals surface area contributed by atoms with E-state index in [0.717, 1.165) is 41.7 Å². The van der Waals surface area contributed by atoms with Crippen LogP contribution in [0.4, 0.5) is 9.18 Å². The van der Waals surface area contributed by atoms with Crippen LogP contribution in [-0.2, 0) is 0 Å². The molecule has 35 heavy (non-hydrogen) atoms. The summed E-state index contributed by atoms with van der Waals surface area (Å²) >= 11 is 0. The normalized spacial score (nSPS) is 16.0. The van der Waals surface area contributed by atoms with E-state index in [9.17, 15) is 9.18 Å². The van der Waals surface area contributed by atoms with Gasteiger partial charge in [-0.3, -0.25) is 4.90 Å². The molecule has 2 aromatic carbocycles. The van der Waals surface area contributed by atoms with Gasteiger partial charge < -0.3 is 14.6 Å². The third kappa shape index (κ3) is 4.92. The third-order valence-electron chi connectivity index (χ3n) is 6.51. The fourth-order valence-electron chi connectivity index (χ4n) is 4.30. The summed E-state index contributed by atoms with van der Waals surface area (Å²) in [7, 11) is 1.41. The third-order valence-corrected chi connectivity index (χ3v) is 6.51. The molecule has 0 spiro atoms. The Labute approximate surface area is 205 Å². The Balaban J connectivity index is 1.78. The molecule has 1 aliphatic heterocycles. The zero-order valence-electron chi connectivity index (χ0n) is 20.8. The highest BCUT2D eigenvalue weighted by atomic mass is 19.1. The summed E-state index contributed by atoms with van der Waals surface area (Å²) in [6, 6.07) is 10.0. The van der Waals surface area contributed by atoms with Crippen LogP contribution in [0.1, 0.15) is 61.7 Å². The van der Waals surface area contributed by atoms with Crippen LogP contribution in [0, 0.1) is 19.7 Å². The lowest BCUT2D eigenvalue weighted by Gasteiger charge is -2.35. The molecule has 0 saturated carbocycles. The molecule has 0 saturated heterocycles. The van der Waals surface area contributed by atoms with Crippen molar-refractivity contribution < 1.29 is 18.4 Å². The van der Waals surface area contributed by atoms with E-state index in [0.29, 0.717) is 12.1 Å². The van der Waals surface area contributed by atoms with E-state index < -0.39 is 11.9 Å². The van der Waals surface area contributed by atoms with Crippen LogP contribution in [0.25, 0.3) is 17.0 Å². The van der Waals surface area contributed by atoms with Crippen molar-refractivity contribution >= 4 is 11.6 Å². The Kier molecular flexibility index (Phi) is 7.19. The van der Waals surface area contributed by atoms with Gasteiger partial charge in [0.15, 0.2) is 11.6 Å². The monoisotopic (exact) mass is 478 g/mol. The first-order chi connectivity index (χ1) is 16.8. The summed E-state index contributed by atoms with van der Waals surface area (Å²) in [4.78, 5) is 19.4. The Morgan fingerprint density at radius 3 is 2.60 bits per heavy atom. The number of carbonyl (C=O) groups is 1. The van der Waals surface area contributed by atoms with Crippen molar-refractivity contribution in [3.05, 3.63) is 70.5 Å². The maximum Gasteiger partial charge on any atom is 0.322 e. The largest absolute Gasteiger partial charge is 0.494 e. The van der Waals surface area contributed by atoms with Gasteiger partial charge in [-0.2, -0.15) is 4.98 Å². The smallest absolute Gasteiger partial charge is 0.322 e. The van der Waals surface area contributed by atoms with Crippen LogP contribution < -0.4 is 10.1 Å². The predicted molar refractivity (Wildman–Crippen MR) is 132 cm³/mol. The number of rotatable bonds is 8. The number of benzene rings is 2. The molecule has 2 heterocycles. The van der Waals surface area contributed by atoms with Crippen LogP contribution in [0.15, 0.2) is 46.6 Å². The number of methoxy groups -OCH3 is 1. The minimum atomic E-state index is -0.508. The molecule has 1 aliphatic rings. The number of unbranched alkanes of at least 4 members (excludes halogenated alkanes) is 2. The molecule has 1 atom stereocenters. The fraction of sp³-hybridized carbons (Fsp3) is 0.370. The van der Waals surface area contributed by atoms with Crippen molar-refractivity contribution in [2.45, 2.75) is 53.0 Å². The molecule has 0 aliphatic carbocycles. The number of carbonyl (C=O) groups excluding carboxylic acids is 1. The lowest BCUT2D eigenvalue weighted by Crippen LogP contribution is -2.46. The molecule has 4 rings (SSSR count). The highest BCUT2D eigenvalue weighted by Crippen LogP contribution is 2.38. The van der Waals surface area contributed by atoms with Crippen molar-refractivity contribution in [2.75, 3.05) is 13.7 Å². The SMILES string of the molecule is CCCCCN1C(=O)NC(c2ccc(C)c(C)c2)C(c2nc(-c3ccc(OC)c(F)c3)no2)=C1C. The van der Waals surface area contributed by atoms with Crippen LogP contribution in [0.3, 0.4) is 0 Å². The lowest BCUT2D eigenvalue weighted by atomic mass is 9.92. The van der Waals surface area contributed by atoms with Crippen molar-refractivity contribution in [3.8, 4) is 17.1 Å². The fourth-order valence-corrected chi connectivity index (χ4v) is 4.30. The average molecular weight is 479 g/mol. The van der Waals surface area contributed by atoms with Crippen molar-refractivity contribution in [2.24, 2.45) is 0 Å². The lowest BCUT2D eigenvalue weighted by molar-refractivity contribution is 0.204. The van der Waals surface area contributed by atoms with Gasteiger partial charge in [-0.1, -0.05) is 43.1 Å². The molecule has 7 nitrogen and oxygen atoms in total. The zero-order valence-corrected chi connectivity index (χ0v) is 20.8. The average Bonchev–Trinajstić information content (AvgIpc) is 3.32. The number of nitrogens with one attached hydrogen (secondary N) is 1. The van der Waals surface area contributed by atoms with E-state index in [1.807, 2.05) is 32.9 Å². The molecule has 0 radical (unpaired) electrons. The van der Waals surface area contributed by atoms with E-state index in [1.54, 1.807) is 11.0 Å². The molecular weight excluding hydrogens is 447 g/mol. The Morgan fingerprint density at radius 1 is 1.11 bits per heavy atom. The number of ether oxygens (including phenoxy) is 1. The summed E-state index contributed by atoms with van der Waals surface area (Å²) in [5, 5.41) is 7.25. The standard InChI is InChI=1S/C27H31FN4O3/c1-6-7-8-13-32-18(4)23(24(29-27(32)33)19-10-9-16(2)17(3)14-19)26-30-25(31-35-26)20-11-12-22(34-5)21(28)15-20/h9-12,14-15,24H,6-8,13H2,1-5H3,(H,29,33). The topological polar surface area (TPSA) is 80.5 Å². The second-order valence-corrected chi connectivity index (χ2v) is 8.86. The molecule has 184 valence electrons. The van der Waals surface area contributed by atoms with Gasteiger partial charge in [-0.05, 0) is 62.1 Å². The number of aryl methyl sites for hydroxylation is 2. The Hall–Kier alpha value is -3.68. The molecule has 3 aromatic rings. The minimum Gasteiger partial charge on any atom is -0.494 e. The summed E-state index contributed by atoms with van der Waals surface area (Å²) < 4.78 is 25.0. The zero-order chi connectivity index (χ0) is 25.1. The van der Waals surface area contributed by atoms with Gasteiger partial charge in [0.2, 0.25) is 5.82 Å². The highest BCUT2D eigenvalue weighted by Gasteiger charge is 2.35. The number of nitrogens with zero attached hydrogens (tertiary/aromatic N) is 3. The van der Waals surface area contributed by atoms with Gasteiger partial charge in [0, 0.05) is 17.8 Å². The maximum absolute atomic E-state index is 14.3. The predicted octanol–water partition coefficient (Wildman–Crippen LogP) is 6.19. The van der Waals surface area contributed by atoms with Gasteiger partial charge in [0.05, 0.1) is 18.7 Å². The van der Waals surface area contributed by atoms with E-state index in [4.69, 9.17) is 9.26 Å². The highest BCUT2D eigenvalue weighted by molar-refractivity contribution is 5.87. The molecule has 1 aromatic heterocycles. The molecular formula is C27H31FN4O3. The molecule has 0 fully saturated rings. The van der Waals surface area contributed by atoms with Crippen LogP contribution >= 0.6 is 0 Å². The first-order valence-corrected chi connectivity index (χ1v) is 11.9. The van der Waals surface area contributed by atoms with Gasteiger partial charge in [-0.15, -0.1) is 0 Å². The first kappa shape index (κ1) is 24.4. The van der Waals surface area contributed by atoms with Gasteiger partial charge in [-0.25, -0.2) is 9.18 Å². The Morgan fingerprint density at radius 2 is 1.91 bits per heavy atom. The van der Waals surface area contributed by atoms with E-state index in [2.05, 4.69) is 28.4 Å². The van der Waals surface area contributed by atoms with E-state index >= 15 is 0 Å². The van der Waals surface area contributed by atoms with Crippen molar-refractivity contribution in [1.29, 1.82) is 0 Å². The number of hydrogen-bond donors (Lipinski definition) is 1.